The molecule has 0 aliphatic heterocycles. The predicted molar refractivity (Wildman–Crippen MR) is 170 cm³/mol. The molecule has 0 aromatic rings. The fraction of sp³-hybridized carbons (Fsp3) is 0.758. The van der Waals surface area contributed by atoms with Crippen LogP contribution in [-0.2, 0) is 28.2 Å². The van der Waals surface area contributed by atoms with Crippen LogP contribution < -0.4 is 0 Å². The number of unbranched alkanes of at least 4 members (excludes halogenated alkanes) is 13. The van der Waals surface area contributed by atoms with E-state index >= 15 is 0 Å². The Balaban J connectivity index is 4.06. The van der Waals surface area contributed by atoms with Gasteiger partial charge in [0.25, 0.3) is 0 Å². The maximum absolute atomic E-state index is 12.3. The third-order valence-electron chi connectivity index (χ3n) is 6.67. The number of phosphoric acid groups is 1. The van der Waals surface area contributed by atoms with Crippen LogP contribution in [0.2, 0.25) is 0 Å². The molecular formula is C33H59O8P. The Kier molecular flexibility index (Phi) is 28.1. The van der Waals surface area contributed by atoms with Crippen LogP contribution in [0.15, 0.2) is 36.5 Å². The number of esters is 2. The molecule has 244 valence electrons. The van der Waals surface area contributed by atoms with Crippen LogP contribution in [0.5, 0.6) is 0 Å². The largest absolute Gasteiger partial charge is 0.469 e. The van der Waals surface area contributed by atoms with Crippen LogP contribution in [-0.4, -0.2) is 41.0 Å². The molecule has 0 amide bonds. The van der Waals surface area contributed by atoms with Crippen molar-refractivity contribution in [3.8, 4) is 0 Å². The molecule has 0 aliphatic carbocycles. The normalized spacial score (nSPS) is 13.0. The van der Waals surface area contributed by atoms with Gasteiger partial charge in [0.2, 0.25) is 0 Å². The molecule has 0 saturated heterocycles. The minimum absolute atomic E-state index is 0.193. The zero-order valence-corrected chi connectivity index (χ0v) is 27.3. The van der Waals surface area contributed by atoms with Gasteiger partial charge in [-0.05, 0) is 44.9 Å². The highest BCUT2D eigenvalue weighted by atomic mass is 31.2. The molecule has 0 saturated carbocycles. The van der Waals surface area contributed by atoms with Gasteiger partial charge in [-0.15, -0.1) is 0 Å². The number of carbonyl (C=O) groups excluding carboxylic acids is 2. The van der Waals surface area contributed by atoms with Gasteiger partial charge >= 0.3 is 19.8 Å². The molecule has 0 fully saturated rings. The van der Waals surface area contributed by atoms with Crippen molar-refractivity contribution in [1.82, 2.24) is 0 Å². The van der Waals surface area contributed by atoms with Crippen LogP contribution in [0.1, 0.15) is 142 Å². The van der Waals surface area contributed by atoms with Crippen LogP contribution >= 0.6 is 7.82 Å². The lowest BCUT2D eigenvalue weighted by molar-refractivity contribution is -0.161. The van der Waals surface area contributed by atoms with Crippen molar-refractivity contribution in [2.45, 2.75) is 148 Å². The summed E-state index contributed by atoms with van der Waals surface area (Å²) in [5.74, 6) is -0.910. The first-order valence-corrected chi connectivity index (χ1v) is 17.8. The van der Waals surface area contributed by atoms with Gasteiger partial charge in [0.15, 0.2) is 6.10 Å². The molecule has 0 aromatic heterocycles. The van der Waals surface area contributed by atoms with Crippen molar-refractivity contribution >= 4 is 19.8 Å². The van der Waals surface area contributed by atoms with E-state index in [4.69, 9.17) is 19.3 Å². The summed E-state index contributed by atoms with van der Waals surface area (Å²) in [6.45, 7) is 3.50. The van der Waals surface area contributed by atoms with Gasteiger partial charge in [-0.25, -0.2) is 4.57 Å². The van der Waals surface area contributed by atoms with Gasteiger partial charge in [0, 0.05) is 12.8 Å². The van der Waals surface area contributed by atoms with E-state index in [-0.39, 0.29) is 19.4 Å². The van der Waals surface area contributed by atoms with Crippen LogP contribution in [0.25, 0.3) is 0 Å². The van der Waals surface area contributed by atoms with E-state index in [0.29, 0.717) is 6.42 Å². The standard InChI is InChI=1S/C33H59O8P/c1-3-5-7-9-11-13-14-15-16-17-18-20-22-24-26-28-33(35)41-31(30-40-42(36,37)38)29-39-32(34)27-25-23-21-19-12-10-8-6-4-2/h5,7,11,13,15-16,31H,3-4,6,8-10,12,14,17-30H2,1-2H3,(H2,36,37,38)/b7-5-,13-11-,16-15-. The number of hydrogen-bond acceptors (Lipinski definition) is 6. The Morgan fingerprint density at radius 1 is 0.643 bits per heavy atom. The van der Waals surface area contributed by atoms with Gasteiger partial charge < -0.3 is 19.3 Å². The number of ether oxygens (including phenoxy) is 2. The van der Waals surface area contributed by atoms with Gasteiger partial charge in [0.05, 0.1) is 6.61 Å². The molecule has 0 heterocycles. The Labute approximate surface area is 255 Å². The highest BCUT2D eigenvalue weighted by Gasteiger charge is 2.22. The highest BCUT2D eigenvalue weighted by molar-refractivity contribution is 7.46. The summed E-state index contributed by atoms with van der Waals surface area (Å²) < 4.78 is 26.1. The fourth-order valence-corrected chi connectivity index (χ4v) is 4.63. The third kappa shape index (κ3) is 31.2. The van der Waals surface area contributed by atoms with E-state index in [2.05, 4.69) is 54.8 Å². The van der Waals surface area contributed by atoms with E-state index in [0.717, 1.165) is 70.6 Å². The summed E-state index contributed by atoms with van der Waals surface area (Å²) in [5.41, 5.74) is 0. The number of rotatable bonds is 29. The smallest absolute Gasteiger partial charge is 0.462 e. The Morgan fingerprint density at radius 3 is 1.71 bits per heavy atom. The van der Waals surface area contributed by atoms with Gasteiger partial charge in [-0.2, -0.15) is 0 Å². The monoisotopic (exact) mass is 614 g/mol. The average molecular weight is 615 g/mol. The maximum atomic E-state index is 12.3. The summed E-state index contributed by atoms with van der Waals surface area (Å²) in [5, 5.41) is 0. The fourth-order valence-electron chi connectivity index (χ4n) is 4.27. The van der Waals surface area contributed by atoms with Crippen LogP contribution in [0.4, 0.5) is 0 Å². The zero-order valence-electron chi connectivity index (χ0n) is 26.4. The molecule has 8 nitrogen and oxygen atoms in total. The SMILES string of the molecule is CC/C=C\C/C=C\C/C=C\CCCCCCCC(=O)OC(COC(=O)CCCCCCCCCCC)COP(=O)(O)O. The lowest BCUT2D eigenvalue weighted by Gasteiger charge is -2.18. The van der Waals surface area contributed by atoms with Crippen molar-refractivity contribution in [2.75, 3.05) is 13.2 Å². The van der Waals surface area contributed by atoms with E-state index in [1.165, 1.54) is 38.5 Å². The molecule has 1 unspecified atom stereocenters. The second-order valence-electron chi connectivity index (χ2n) is 10.8. The zero-order chi connectivity index (χ0) is 31.2. The van der Waals surface area contributed by atoms with E-state index < -0.39 is 32.5 Å². The van der Waals surface area contributed by atoms with Gasteiger partial charge in [-0.3, -0.25) is 14.1 Å². The molecule has 0 aliphatic rings. The number of hydrogen-bond donors (Lipinski definition) is 2. The van der Waals surface area contributed by atoms with Crippen molar-refractivity contribution in [2.24, 2.45) is 0 Å². The van der Waals surface area contributed by atoms with E-state index in [9.17, 15) is 14.2 Å². The Morgan fingerprint density at radius 2 is 1.14 bits per heavy atom. The first-order chi connectivity index (χ1) is 20.3. The molecule has 9 heteroatoms. The van der Waals surface area contributed by atoms with Crippen molar-refractivity contribution in [3.63, 3.8) is 0 Å². The molecule has 0 aromatic carbocycles. The quantitative estimate of drug-likeness (QED) is 0.0371. The number of phosphoric ester groups is 1. The highest BCUT2D eigenvalue weighted by Crippen LogP contribution is 2.35. The molecule has 0 bridgehead atoms. The topological polar surface area (TPSA) is 119 Å². The van der Waals surface area contributed by atoms with E-state index in [1.807, 2.05) is 0 Å². The van der Waals surface area contributed by atoms with Gasteiger partial charge in [-0.1, -0.05) is 121 Å². The molecule has 42 heavy (non-hydrogen) atoms. The molecule has 0 rings (SSSR count). The minimum Gasteiger partial charge on any atom is -0.462 e. The summed E-state index contributed by atoms with van der Waals surface area (Å²) in [4.78, 5) is 42.4. The first kappa shape index (κ1) is 40.3. The average Bonchev–Trinajstić information content (AvgIpc) is 2.95. The summed E-state index contributed by atoms with van der Waals surface area (Å²) in [6, 6.07) is 0. The lowest BCUT2D eigenvalue weighted by atomic mass is 10.1. The lowest BCUT2D eigenvalue weighted by Crippen LogP contribution is -2.29. The molecule has 0 radical (unpaired) electrons. The summed E-state index contributed by atoms with van der Waals surface area (Å²) in [6.07, 6.45) is 31.6. The van der Waals surface area contributed by atoms with Crippen molar-refractivity contribution in [1.29, 1.82) is 0 Å². The summed E-state index contributed by atoms with van der Waals surface area (Å²) >= 11 is 0. The van der Waals surface area contributed by atoms with Gasteiger partial charge in [0.1, 0.15) is 6.61 Å². The third-order valence-corrected chi connectivity index (χ3v) is 7.16. The number of allylic oxidation sites excluding steroid dienone is 6. The Bertz CT molecular complexity index is 787. The predicted octanol–water partition coefficient (Wildman–Crippen LogP) is 9.06. The van der Waals surface area contributed by atoms with Crippen LogP contribution in [0.3, 0.4) is 0 Å². The first-order valence-electron chi connectivity index (χ1n) is 16.3. The Hall–Kier alpha value is -1.73. The van der Waals surface area contributed by atoms with E-state index in [1.54, 1.807) is 0 Å². The number of carbonyl (C=O) groups is 2. The minimum atomic E-state index is -4.74. The maximum Gasteiger partial charge on any atom is 0.469 e. The molecular weight excluding hydrogens is 555 g/mol. The van der Waals surface area contributed by atoms with Crippen molar-refractivity contribution < 1.29 is 37.9 Å². The second kappa shape index (κ2) is 29.3. The second-order valence-corrected chi connectivity index (χ2v) is 12.0. The van der Waals surface area contributed by atoms with Crippen LogP contribution in [0, 0.1) is 0 Å². The molecule has 1 atom stereocenters. The molecule has 2 N–H and O–H groups in total. The summed E-state index contributed by atoms with van der Waals surface area (Å²) in [7, 11) is -4.74. The van der Waals surface area contributed by atoms with Crippen molar-refractivity contribution in [3.05, 3.63) is 36.5 Å². The molecule has 0 spiro atoms.